The second kappa shape index (κ2) is 17.0. The third-order valence-electron chi connectivity index (χ3n) is 11.2. The fourth-order valence-corrected chi connectivity index (χ4v) is 7.96. The predicted molar refractivity (Wildman–Crippen MR) is 208 cm³/mol. The van der Waals surface area contributed by atoms with Crippen LogP contribution in [0, 0.1) is 5.92 Å². The van der Waals surface area contributed by atoms with Crippen LogP contribution < -0.4 is 20.9 Å². The molecule has 3 heterocycles. The Bertz CT molecular complexity index is 1900. The lowest BCUT2D eigenvalue weighted by Crippen LogP contribution is -2.57. The van der Waals surface area contributed by atoms with Crippen molar-refractivity contribution >= 4 is 29.3 Å². The molecule has 7 rings (SSSR count). The number of piperidine rings is 1. The highest BCUT2D eigenvalue weighted by Crippen LogP contribution is 2.43. The van der Waals surface area contributed by atoms with Crippen molar-refractivity contribution in [2.75, 3.05) is 43.6 Å². The number of esters is 1. The first-order chi connectivity index (χ1) is 26.8. The Morgan fingerprint density at radius 2 is 1.55 bits per heavy atom. The maximum absolute atomic E-state index is 13.3. The molecule has 0 bridgehead atoms. The van der Waals surface area contributed by atoms with Gasteiger partial charge in [-0.15, -0.1) is 0 Å². The summed E-state index contributed by atoms with van der Waals surface area (Å²) < 4.78 is 18.3. The van der Waals surface area contributed by atoms with Crippen molar-refractivity contribution < 1.29 is 33.7 Å². The van der Waals surface area contributed by atoms with Crippen LogP contribution in [0.25, 0.3) is 0 Å². The highest BCUT2D eigenvalue weighted by molar-refractivity contribution is 5.94. The molecule has 288 valence electrons. The normalized spacial score (nSPS) is 22.8. The molecule has 4 N–H and O–H groups in total. The summed E-state index contributed by atoms with van der Waals surface area (Å²) in [5.74, 6) is -0.456. The first-order valence-electron chi connectivity index (χ1n) is 18.9. The Kier molecular flexibility index (Phi) is 11.8. The average molecular weight is 748 g/mol. The van der Waals surface area contributed by atoms with E-state index in [9.17, 15) is 19.5 Å². The van der Waals surface area contributed by atoms with E-state index in [0.717, 1.165) is 41.0 Å². The van der Waals surface area contributed by atoms with Gasteiger partial charge in [-0.2, -0.15) is 0 Å². The Labute approximate surface area is 321 Å². The molecule has 3 amide bonds. The first kappa shape index (κ1) is 38.0. The minimum absolute atomic E-state index is 0.00834. The maximum atomic E-state index is 13.3. The number of ether oxygens (including phenoxy) is 3. The first-order valence-corrected chi connectivity index (χ1v) is 18.9. The standard InChI is InChI=1S/C43H49N5O7/c1-29-37(26-47-23-21-43(22-24-47)41(51)44-28-48(43)35-11-7-4-8-12-35)54-40(55-38(29)32-15-13-31(27-49)14-16-32)33-17-19-34(20-18-33)45-42(52)46-36(39(50)53-2)25-30-9-5-3-6-10-30/h3-20,29,36-38,40,49H,21-28H2,1-2H3,(H,44,51)(H2,45,46,52). The van der Waals surface area contributed by atoms with E-state index in [1.54, 1.807) is 12.1 Å². The van der Waals surface area contributed by atoms with Crippen LogP contribution in [-0.4, -0.2) is 79.0 Å². The van der Waals surface area contributed by atoms with Crippen LogP contribution in [0.2, 0.25) is 0 Å². The van der Waals surface area contributed by atoms with Crippen LogP contribution in [0.15, 0.2) is 109 Å². The van der Waals surface area contributed by atoms with Crippen LogP contribution >= 0.6 is 0 Å². The second-order valence-electron chi connectivity index (χ2n) is 14.6. The molecule has 3 aliphatic heterocycles. The number of hydrogen-bond donors (Lipinski definition) is 4. The number of likely N-dealkylation sites (tertiary alicyclic amines) is 1. The van der Waals surface area contributed by atoms with Gasteiger partial charge in [-0.05, 0) is 53.8 Å². The maximum Gasteiger partial charge on any atom is 0.328 e. The van der Waals surface area contributed by atoms with Gasteiger partial charge in [0.2, 0.25) is 5.91 Å². The highest BCUT2D eigenvalue weighted by atomic mass is 16.7. The van der Waals surface area contributed by atoms with Crippen molar-refractivity contribution in [3.63, 3.8) is 0 Å². The number of urea groups is 1. The van der Waals surface area contributed by atoms with Gasteiger partial charge in [0.25, 0.3) is 0 Å². The van der Waals surface area contributed by atoms with Crippen molar-refractivity contribution in [1.82, 2.24) is 15.5 Å². The van der Waals surface area contributed by atoms with Crippen molar-refractivity contribution in [2.45, 2.75) is 62.9 Å². The molecule has 4 aromatic rings. The van der Waals surface area contributed by atoms with E-state index in [4.69, 9.17) is 14.2 Å². The molecule has 4 aromatic carbocycles. The fraction of sp³-hybridized carbons (Fsp3) is 0.372. The van der Waals surface area contributed by atoms with Gasteiger partial charge in [0.15, 0.2) is 6.29 Å². The molecule has 5 atom stereocenters. The number of rotatable bonds is 11. The SMILES string of the molecule is COC(=O)C(Cc1ccccc1)NC(=O)Nc1ccc(C2OC(CN3CCC4(CC3)C(=O)NCN4c3ccccc3)C(C)C(c3ccc(CO)cc3)O2)cc1. The van der Waals surface area contributed by atoms with Crippen LogP contribution in [0.5, 0.6) is 0 Å². The number of nitrogens with one attached hydrogen (secondary N) is 3. The molecule has 55 heavy (non-hydrogen) atoms. The average Bonchev–Trinajstić information content (AvgIpc) is 3.54. The summed E-state index contributed by atoms with van der Waals surface area (Å²) in [6.45, 7) is 4.76. The summed E-state index contributed by atoms with van der Waals surface area (Å²) in [6, 6.07) is 33.3. The molecule has 12 nitrogen and oxygen atoms in total. The van der Waals surface area contributed by atoms with E-state index in [-0.39, 0.29) is 30.6 Å². The molecule has 5 unspecified atom stereocenters. The lowest BCUT2D eigenvalue weighted by Gasteiger charge is -2.46. The zero-order valence-electron chi connectivity index (χ0n) is 31.2. The molecular formula is C43H49N5O7. The minimum Gasteiger partial charge on any atom is -0.467 e. The number of carbonyl (C=O) groups excluding carboxylic acids is 3. The van der Waals surface area contributed by atoms with Gasteiger partial charge in [-0.3, -0.25) is 4.79 Å². The highest BCUT2D eigenvalue weighted by Gasteiger charge is 2.51. The van der Waals surface area contributed by atoms with Crippen LogP contribution in [0.3, 0.4) is 0 Å². The van der Waals surface area contributed by atoms with Gasteiger partial charge < -0.3 is 45.1 Å². The molecule has 0 aliphatic carbocycles. The van der Waals surface area contributed by atoms with Gasteiger partial charge >= 0.3 is 12.0 Å². The molecule has 3 fully saturated rings. The van der Waals surface area contributed by atoms with E-state index in [1.807, 2.05) is 84.9 Å². The van der Waals surface area contributed by atoms with Crippen molar-refractivity contribution in [3.05, 3.63) is 131 Å². The smallest absolute Gasteiger partial charge is 0.328 e. The van der Waals surface area contributed by atoms with Gasteiger partial charge in [-0.25, -0.2) is 9.59 Å². The number of benzene rings is 4. The van der Waals surface area contributed by atoms with E-state index >= 15 is 0 Å². The topological polar surface area (TPSA) is 142 Å². The summed E-state index contributed by atoms with van der Waals surface area (Å²) >= 11 is 0. The largest absolute Gasteiger partial charge is 0.467 e. The summed E-state index contributed by atoms with van der Waals surface area (Å²) in [5.41, 5.74) is 4.50. The number of aliphatic hydroxyl groups is 1. The van der Waals surface area contributed by atoms with Crippen LogP contribution in [0.1, 0.15) is 54.4 Å². The fourth-order valence-electron chi connectivity index (χ4n) is 7.96. The zero-order valence-corrected chi connectivity index (χ0v) is 31.2. The summed E-state index contributed by atoms with van der Waals surface area (Å²) in [5, 5.41) is 18.3. The molecule has 0 saturated carbocycles. The third kappa shape index (κ3) is 8.52. The monoisotopic (exact) mass is 747 g/mol. The number of hydrogen-bond acceptors (Lipinski definition) is 9. The van der Waals surface area contributed by atoms with Gasteiger partial charge in [0.1, 0.15) is 11.6 Å². The van der Waals surface area contributed by atoms with Crippen molar-refractivity contribution in [3.8, 4) is 0 Å². The number of nitrogens with zero attached hydrogens (tertiary/aromatic N) is 2. The zero-order chi connectivity index (χ0) is 38.4. The number of methoxy groups -OCH3 is 1. The second-order valence-corrected chi connectivity index (χ2v) is 14.6. The van der Waals surface area contributed by atoms with Gasteiger partial charge in [0, 0.05) is 48.9 Å². The Morgan fingerprint density at radius 3 is 2.20 bits per heavy atom. The number of carbonyl (C=O) groups is 3. The molecule has 1 spiro atoms. The summed E-state index contributed by atoms with van der Waals surface area (Å²) in [4.78, 5) is 43.4. The van der Waals surface area contributed by atoms with Gasteiger partial charge in [0.05, 0.1) is 32.6 Å². The van der Waals surface area contributed by atoms with Crippen LogP contribution in [-0.2, 0) is 36.8 Å². The number of aliphatic hydroxyl groups excluding tert-OH is 1. The van der Waals surface area contributed by atoms with Crippen molar-refractivity contribution in [2.24, 2.45) is 5.92 Å². The molecule has 0 aromatic heterocycles. The Morgan fingerprint density at radius 1 is 0.891 bits per heavy atom. The van der Waals surface area contributed by atoms with Crippen LogP contribution in [0.4, 0.5) is 16.2 Å². The van der Waals surface area contributed by atoms with E-state index in [2.05, 4.69) is 44.8 Å². The Hall–Kier alpha value is -5.27. The number of anilines is 2. The summed E-state index contributed by atoms with van der Waals surface area (Å²) in [7, 11) is 1.30. The third-order valence-corrected chi connectivity index (χ3v) is 11.2. The van der Waals surface area contributed by atoms with E-state index < -0.39 is 29.9 Å². The minimum atomic E-state index is -0.860. The molecular weight excluding hydrogens is 699 g/mol. The lowest BCUT2D eigenvalue weighted by molar-refractivity contribution is -0.276. The number of para-hydroxylation sites is 1. The lowest BCUT2D eigenvalue weighted by atomic mass is 9.84. The molecule has 3 saturated heterocycles. The molecule has 12 heteroatoms. The summed E-state index contributed by atoms with van der Waals surface area (Å²) in [6.07, 6.45) is 0.530. The number of amides is 3. The molecule has 0 radical (unpaired) electrons. The van der Waals surface area contributed by atoms with E-state index in [1.165, 1.54) is 7.11 Å². The predicted octanol–water partition coefficient (Wildman–Crippen LogP) is 5.30. The Balaban J connectivity index is 1.04. The van der Waals surface area contributed by atoms with Gasteiger partial charge in [-0.1, -0.05) is 91.9 Å². The van der Waals surface area contributed by atoms with E-state index in [0.29, 0.717) is 38.2 Å². The molecule has 3 aliphatic rings. The quantitative estimate of drug-likeness (QED) is 0.150. The van der Waals surface area contributed by atoms with Crippen molar-refractivity contribution in [1.29, 1.82) is 0 Å².